The van der Waals surface area contributed by atoms with Gasteiger partial charge in [-0.25, -0.2) is 9.78 Å². The topological polar surface area (TPSA) is 51.7 Å². The molecule has 0 saturated carbocycles. The number of ether oxygens (including phenoxy) is 2. The molecule has 6 heteroatoms. The molecule has 18 heavy (non-hydrogen) atoms. The molecule has 1 aromatic rings. The molecule has 0 amide bonds. The Morgan fingerprint density at radius 2 is 2.50 bits per heavy atom. The van der Waals surface area contributed by atoms with Gasteiger partial charge in [0.25, 0.3) is 0 Å². The van der Waals surface area contributed by atoms with Crippen LogP contribution in [0.15, 0.2) is 5.51 Å². The summed E-state index contributed by atoms with van der Waals surface area (Å²) in [6, 6.07) is 0. The predicted octanol–water partition coefficient (Wildman–Crippen LogP) is 1.94. The third kappa shape index (κ3) is 2.81. The molecule has 100 valence electrons. The van der Waals surface area contributed by atoms with Crippen LogP contribution in [-0.4, -0.2) is 43.4 Å². The molecule has 0 bridgehead atoms. The predicted molar refractivity (Wildman–Crippen MR) is 70.3 cm³/mol. The molecule has 0 radical (unpaired) electrons. The number of nitrogens with zero attached hydrogens (tertiary/aromatic N) is 2. The SMILES string of the molecule is CCOC(=O)c1ncsc1N1CCOC(CC)C1. The van der Waals surface area contributed by atoms with E-state index in [4.69, 9.17) is 9.47 Å². The van der Waals surface area contributed by atoms with E-state index in [1.54, 1.807) is 12.4 Å². The number of anilines is 1. The van der Waals surface area contributed by atoms with Gasteiger partial charge < -0.3 is 14.4 Å². The normalized spacial score (nSPS) is 19.9. The Bertz CT molecular complexity index is 408. The number of rotatable bonds is 4. The largest absolute Gasteiger partial charge is 0.461 e. The summed E-state index contributed by atoms with van der Waals surface area (Å²) in [5.41, 5.74) is 2.12. The Kier molecular flexibility index (Phi) is 4.54. The smallest absolute Gasteiger partial charge is 0.360 e. The highest BCUT2D eigenvalue weighted by Crippen LogP contribution is 2.28. The molecular weight excluding hydrogens is 252 g/mol. The van der Waals surface area contributed by atoms with Crippen molar-refractivity contribution in [1.82, 2.24) is 4.98 Å². The minimum atomic E-state index is -0.340. The first-order valence-corrected chi connectivity index (χ1v) is 7.11. The van der Waals surface area contributed by atoms with E-state index in [1.165, 1.54) is 11.3 Å². The average molecular weight is 270 g/mol. The lowest BCUT2D eigenvalue weighted by Crippen LogP contribution is -2.42. The second-order valence-electron chi connectivity index (χ2n) is 4.07. The van der Waals surface area contributed by atoms with Gasteiger partial charge in [0.1, 0.15) is 5.00 Å². The Hall–Kier alpha value is -1.14. The minimum Gasteiger partial charge on any atom is -0.461 e. The number of carbonyl (C=O) groups excluding carboxylic acids is 1. The van der Waals surface area contributed by atoms with Crippen LogP contribution in [0.5, 0.6) is 0 Å². The van der Waals surface area contributed by atoms with Gasteiger partial charge in [0.05, 0.1) is 24.8 Å². The van der Waals surface area contributed by atoms with Crippen molar-refractivity contribution >= 4 is 22.3 Å². The molecular formula is C12H18N2O3S. The van der Waals surface area contributed by atoms with Gasteiger partial charge in [-0.15, -0.1) is 11.3 Å². The zero-order valence-corrected chi connectivity index (χ0v) is 11.5. The lowest BCUT2D eigenvalue weighted by Gasteiger charge is -2.33. The zero-order chi connectivity index (χ0) is 13.0. The fourth-order valence-electron chi connectivity index (χ4n) is 1.95. The fraction of sp³-hybridized carbons (Fsp3) is 0.667. The molecule has 0 aromatic carbocycles. The number of hydrogen-bond acceptors (Lipinski definition) is 6. The molecule has 1 aliphatic heterocycles. The number of thiazole rings is 1. The molecule has 0 aliphatic carbocycles. The van der Waals surface area contributed by atoms with Crippen LogP contribution >= 0.6 is 11.3 Å². The van der Waals surface area contributed by atoms with Gasteiger partial charge in [-0.05, 0) is 13.3 Å². The van der Waals surface area contributed by atoms with Gasteiger partial charge >= 0.3 is 5.97 Å². The molecule has 0 N–H and O–H groups in total. The first kappa shape index (κ1) is 13.3. The van der Waals surface area contributed by atoms with Gasteiger partial charge in [-0.1, -0.05) is 6.92 Å². The first-order valence-electron chi connectivity index (χ1n) is 6.23. The van der Waals surface area contributed by atoms with E-state index in [0.29, 0.717) is 18.9 Å². The lowest BCUT2D eigenvalue weighted by molar-refractivity contribution is 0.0381. The zero-order valence-electron chi connectivity index (χ0n) is 10.7. The summed E-state index contributed by atoms with van der Waals surface area (Å²) in [7, 11) is 0. The van der Waals surface area contributed by atoms with Crippen molar-refractivity contribution in [3.63, 3.8) is 0 Å². The third-order valence-corrected chi connectivity index (χ3v) is 3.78. The Morgan fingerprint density at radius 1 is 1.67 bits per heavy atom. The van der Waals surface area contributed by atoms with Crippen LogP contribution in [0, 0.1) is 0 Å². The highest BCUT2D eigenvalue weighted by molar-refractivity contribution is 7.14. The molecule has 1 atom stereocenters. The molecule has 0 spiro atoms. The molecule has 2 rings (SSSR count). The number of aromatic nitrogens is 1. The molecule has 1 aliphatic rings. The Balaban J connectivity index is 2.13. The van der Waals surface area contributed by atoms with Crippen molar-refractivity contribution in [3.05, 3.63) is 11.2 Å². The van der Waals surface area contributed by atoms with E-state index in [-0.39, 0.29) is 12.1 Å². The van der Waals surface area contributed by atoms with Crippen LogP contribution in [0.2, 0.25) is 0 Å². The third-order valence-electron chi connectivity index (χ3n) is 2.90. The molecule has 1 saturated heterocycles. The van der Waals surface area contributed by atoms with Crippen LogP contribution < -0.4 is 4.90 Å². The standard InChI is InChI=1S/C12H18N2O3S/c1-3-9-7-14(5-6-17-9)11-10(13-8-18-11)12(15)16-4-2/h8-9H,3-7H2,1-2H3. The van der Waals surface area contributed by atoms with Crippen molar-refractivity contribution in [1.29, 1.82) is 0 Å². The van der Waals surface area contributed by atoms with Gasteiger partial charge in [-0.3, -0.25) is 0 Å². The highest BCUT2D eigenvalue weighted by atomic mass is 32.1. The van der Waals surface area contributed by atoms with Crippen LogP contribution in [-0.2, 0) is 9.47 Å². The summed E-state index contributed by atoms with van der Waals surface area (Å²) in [5.74, 6) is -0.340. The Morgan fingerprint density at radius 3 is 3.22 bits per heavy atom. The van der Waals surface area contributed by atoms with E-state index in [9.17, 15) is 4.79 Å². The molecule has 1 unspecified atom stereocenters. The lowest BCUT2D eigenvalue weighted by atomic mass is 10.2. The fourth-order valence-corrected chi connectivity index (χ4v) is 2.78. The van der Waals surface area contributed by atoms with E-state index in [1.807, 2.05) is 0 Å². The van der Waals surface area contributed by atoms with Crippen molar-refractivity contribution in [2.75, 3.05) is 31.2 Å². The number of esters is 1. The molecule has 5 nitrogen and oxygen atoms in total. The van der Waals surface area contributed by atoms with Gasteiger partial charge in [0, 0.05) is 13.1 Å². The number of carbonyl (C=O) groups is 1. The summed E-state index contributed by atoms with van der Waals surface area (Å²) < 4.78 is 10.6. The van der Waals surface area contributed by atoms with Crippen molar-refractivity contribution in [2.45, 2.75) is 26.4 Å². The number of hydrogen-bond donors (Lipinski definition) is 0. The summed E-state index contributed by atoms with van der Waals surface area (Å²) >= 11 is 1.48. The summed E-state index contributed by atoms with van der Waals surface area (Å²) in [5, 5.41) is 0.898. The van der Waals surface area contributed by atoms with E-state index >= 15 is 0 Å². The van der Waals surface area contributed by atoms with Crippen molar-refractivity contribution in [2.24, 2.45) is 0 Å². The monoisotopic (exact) mass is 270 g/mol. The van der Waals surface area contributed by atoms with Crippen LogP contribution in [0.1, 0.15) is 30.8 Å². The maximum atomic E-state index is 11.8. The van der Waals surface area contributed by atoms with Crippen LogP contribution in [0.25, 0.3) is 0 Å². The van der Waals surface area contributed by atoms with Crippen LogP contribution in [0.4, 0.5) is 5.00 Å². The maximum absolute atomic E-state index is 11.8. The van der Waals surface area contributed by atoms with Gasteiger partial charge in [0.15, 0.2) is 5.69 Å². The van der Waals surface area contributed by atoms with Crippen LogP contribution in [0.3, 0.4) is 0 Å². The summed E-state index contributed by atoms with van der Waals surface area (Å²) in [4.78, 5) is 18.1. The first-order chi connectivity index (χ1) is 8.76. The molecule has 1 aromatic heterocycles. The van der Waals surface area contributed by atoms with E-state index in [0.717, 1.165) is 24.5 Å². The maximum Gasteiger partial charge on any atom is 0.360 e. The summed E-state index contributed by atoms with van der Waals surface area (Å²) in [6.07, 6.45) is 1.21. The van der Waals surface area contributed by atoms with Gasteiger partial charge in [0.2, 0.25) is 0 Å². The van der Waals surface area contributed by atoms with E-state index < -0.39 is 0 Å². The highest BCUT2D eigenvalue weighted by Gasteiger charge is 2.25. The second kappa shape index (κ2) is 6.15. The average Bonchev–Trinajstić information content (AvgIpc) is 2.88. The van der Waals surface area contributed by atoms with Gasteiger partial charge in [-0.2, -0.15) is 0 Å². The number of morpholine rings is 1. The van der Waals surface area contributed by atoms with Crippen molar-refractivity contribution in [3.8, 4) is 0 Å². The molecule has 2 heterocycles. The second-order valence-corrected chi connectivity index (χ2v) is 4.91. The quantitative estimate of drug-likeness (QED) is 0.783. The molecule has 1 fully saturated rings. The Labute approximate surface area is 111 Å². The van der Waals surface area contributed by atoms with E-state index in [2.05, 4.69) is 16.8 Å². The summed E-state index contributed by atoms with van der Waals surface area (Å²) in [6.45, 7) is 6.57. The minimum absolute atomic E-state index is 0.232. The van der Waals surface area contributed by atoms with Crippen molar-refractivity contribution < 1.29 is 14.3 Å².